The molecular formula is C26H15ClF3N3O4S. The Labute approximate surface area is 222 Å². The molecule has 3 aromatic carbocycles. The summed E-state index contributed by atoms with van der Waals surface area (Å²) in [6.07, 6.45) is 0.305. The number of amides is 2. The van der Waals surface area contributed by atoms with Crippen molar-refractivity contribution in [3.05, 3.63) is 109 Å². The van der Waals surface area contributed by atoms with Crippen molar-refractivity contribution >= 4 is 51.8 Å². The Morgan fingerprint density at radius 3 is 2.42 bits per heavy atom. The fraction of sp³-hybridized carbons (Fsp3) is 0.0769. The van der Waals surface area contributed by atoms with Crippen LogP contribution in [0.4, 0.5) is 30.2 Å². The van der Waals surface area contributed by atoms with E-state index >= 15 is 0 Å². The molecule has 1 N–H and O–H groups in total. The normalized spacial score (nSPS) is 12.4. The topological polar surface area (TPSA) is 92.6 Å². The summed E-state index contributed by atoms with van der Waals surface area (Å²) in [5.41, 5.74) is 1.15. The predicted molar refractivity (Wildman–Crippen MR) is 138 cm³/mol. The van der Waals surface area contributed by atoms with Crippen LogP contribution < -0.4 is 10.2 Å². The Morgan fingerprint density at radius 2 is 1.74 bits per heavy atom. The van der Waals surface area contributed by atoms with E-state index in [0.29, 0.717) is 28.5 Å². The lowest BCUT2D eigenvalue weighted by atomic mass is 10.1. The molecule has 4 aromatic rings. The maximum Gasteiger partial charge on any atom is 0.269 e. The van der Waals surface area contributed by atoms with E-state index in [1.165, 1.54) is 47.4 Å². The number of thiophene rings is 1. The number of non-ortho nitro benzene ring substituents is 1. The van der Waals surface area contributed by atoms with E-state index in [2.05, 4.69) is 5.32 Å². The zero-order valence-electron chi connectivity index (χ0n) is 19.1. The largest absolute Gasteiger partial charge is 0.318 e. The summed E-state index contributed by atoms with van der Waals surface area (Å²) in [7, 11) is 0. The number of nitro groups is 1. The number of hydrogen-bond donors (Lipinski definition) is 1. The Hall–Kier alpha value is -4.22. The highest BCUT2D eigenvalue weighted by atomic mass is 35.5. The number of fused-ring (bicyclic) bond motifs is 3. The van der Waals surface area contributed by atoms with Crippen LogP contribution in [0.2, 0.25) is 5.02 Å². The van der Waals surface area contributed by atoms with Gasteiger partial charge in [-0.05, 0) is 54.4 Å². The maximum absolute atomic E-state index is 14.3. The van der Waals surface area contributed by atoms with Gasteiger partial charge in [-0.25, -0.2) is 13.2 Å². The van der Waals surface area contributed by atoms with E-state index < -0.39 is 34.2 Å². The van der Waals surface area contributed by atoms with Gasteiger partial charge in [-0.3, -0.25) is 19.7 Å². The van der Waals surface area contributed by atoms with Crippen LogP contribution in [0.1, 0.15) is 25.6 Å². The lowest BCUT2D eigenvalue weighted by Gasteiger charge is -2.23. The van der Waals surface area contributed by atoms with E-state index in [4.69, 9.17) is 11.6 Å². The summed E-state index contributed by atoms with van der Waals surface area (Å²) in [6, 6.07) is 12.1. The molecule has 2 heterocycles. The van der Waals surface area contributed by atoms with Gasteiger partial charge < -0.3 is 10.2 Å². The van der Waals surface area contributed by atoms with E-state index in [9.17, 15) is 32.9 Å². The Balaban J connectivity index is 1.49. The third-order valence-corrected chi connectivity index (χ3v) is 7.46. The fourth-order valence-corrected chi connectivity index (χ4v) is 5.54. The predicted octanol–water partition coefficient (Wildman–Crippen LogP) is 6.85. The number of anilines is 2. The number of nitro benzene ring substituents is 1. The minimum absolute atomic E-state index is 0.134. The van der Waals surface area contributed by atoms with Crippen LogP contribution in [0.25, 0.3) is 10.4 Å². The summed E-state index contributed by atoms with van der Waals surface area (Å²) in [5, 5.41) is 13.0. The van der Waals surface area contributed by atoms with E-state index in [1.54, 1.807) is 6.07 Å². The second-order valence-electron chi connectivity index (χ2n) is 8.34. The van der Waals surface area contributed by atoms with E-state index in [0.717, 1.165) is 17.4 Å². The summed E-state index contributed by atoms with van der Waals surface area (Å²) < 4.78 is 41.9. The molecule has 12 heteroatoms. The summed E-state index contributed by atoms with van der Waals surface area (Å²) in [4.78, 5) is 38.9. The molecule has 0 spiro atoms. The summed E-state index contributed by atoms with van der Waals surface area (Å²) >= 11 is 6.96. The minimum Gasteiger partial charge on any atom is -0.318 e. The molecule has 0 bridgehead atoms. The Morgan fingerprint density at radius 1 is 1.00 bits per heavy atom. The molecule has 0 radical (unpaired) electrons. The SMILES string of the molecule is O=C(Nc1c(F)cc(F)cc1Cl)c1cc2c(s1)-c1ccc(F)cc1N(C(=O)c1ccc([N+](=O)[O-])cc1)CC2. The Bertz CT molecular complexity index is 1600. The van der Waals surface area contributed by atoms with E-state index in [-0.39, 0.29) is 39.1 Å². The lowest BCUT2D eigenvalue weighted by molar-refractivity contribution is -0.384. The van der Waals surface area contributed by atoms with Crippen LogP contribution in [-0.2, 0) is 6.42 Å². The molecule has 1 aliphatic heterocycles. The van der Waals surface area contributed by atoms with Crippen LogP contribution in [0, 0.1) is 27.6 Å². The van der Waals surface area contributed by atoms with Gasteiger partial charge in [-0.1, -0.05) is 11.6 Å². The summed E-state index contributed by atoms with van der Waals surface area (Å²) in [6.45, 7) is 0.134. The van der Waals surface area contributed by atoms with Gasteiger partial charge in [-0.15, -0.1) is 11.3 Å². The molecule has 2 amide bonds. The number of nitrogens with one attached hydrogen (secondary N) is 1. The molecule has 192 valence electrons. The number of benzene rings is 3. The van der Waals surface area contributed by atoms with Gasteiger partial charge in [0.2, 0.25) is 0 Å². The monoisotopic (exact) mass is 557 g/mol. The van der Waals surface area contributed by atoms with Crippen LogP contribution in [-0.4, -0.2) is 23.3 Å². The number of nitrogens with zero attached hydrogens (tertiary/aromatic N) is 2. The van der Waals surface area contributed by atoms with Crippen LogP contribution >= 0.6 is 22.9 Å². The molecule has 0 atom stereocenters. The van der Waals surface area contributed by atoms with Gasteiger partial charge in [0.1, 0.15) is 11.6 Å². The molecule has 7 nitrogen and oxygen atoms in total. The van der Waals surface area contributed by atoms with Gasteiger partial charge in [0.05, 0.1) is 26.2 Å². The number of carbonyl (C=O) groups excluding carboxylic acids is 2. The van der Waals surface area contributed by atoms with Gasteiger partial charge >= 0.3 is 0 Å². The van der Waals surface area contributed by atoms with Gasteiger partial charge in [0.15, 0.2) is 5.82 Å². The van der Waals surface area contributed by atoms with E-state index in [1.807, 2.05) is 0 Å². The molecule has 38 heavy (non-hydrogen) atoms. The molecule has 5 rings (SSSR count). The highest BCUT2D eigenvalue weighted by Gasteiger charge is 2.29. The third-order valence-electron chi connectivity index (χ3n) is 5.95. The smallest absolute Gasteiger partial charge is 0.269 e. The minimum atomic E-state index is -1.03. The molecule has 0 saturated carbocycles. The zero-order valence-corrected chi connectivity index (χ0v) is 20.7. The number of hydrogen-bond acceptors (Lipinski definition) is 5. The second kappa shape index (κ2) is 9.92. The van der Waals surface area contributed by atoms with Crippen molar-refractivity contribution in [2.24, 2.45) is 0 Å². The van der Waals surface area contributed by atoms with Crippen molar-refractivity contribution in [1.82, 2.24) is 0 Å². The average Bonchev–Trinajstić information content (AvgIpc) is 3.24. The molecule has 0 unspecified atom stereocenters. The second-order valence-corrected chi connectivity index (χ2v) is 9.80. The van der Waals surface area contributed by atoms with Gasteiger partial charge in [-0.2, -0.15) is 0 Å². The molecule has 1 aromatic heterocycles. The molecule has 0 fully saturated rings. The third kappa shape index (κ3) is 4.73. The first-order valence-corrected chi connectivity index (χ1v) is 12.3. The first-order valence-electron chi connectivity index (χ1n) is 11.1. The van der Waals surface area contributed by atoms with Crippen molar-refractivity contribution < 1.29 is 27.7 Å². The van der Waals surface area contributed by atoms with Gasteiger partial charge in [0, 0.05) is 40.7 Å². The highest BCUT2D eigenvalue weighted by Crippen LogP contribution is 2.42. The lowest BCUT2D eigenvalue weighted by Crippen LogP contribution is -2.32. The van der Waals surface area contributed by atoms with Crippen LogP contribution in [0.3, 0.4) is 0 Å². The standard InChI is InChI=1S/C26H15ClF3N3O4S/c27-19-10-16(29)11-20(30)23(19)31-25(34)22-9-14-7-8-32(21-12-15(28)3-6-18(21)24(14)38-22)26(35)13-1-4-17(5-2-13)33(36)37/h1-6,9-12H,7-8H2,(H,31,34). The zero-order chi connectivity index (χ0) is 27.1. The number of halogens is 4. The molecular weight excluding hydrogens is 543 g/mol. The Kier molecular flexibility index (Phi) is 6.64. The summed E-state index contributed by atoms with van der Waals surface area (Å²) in [5.74, 6) is -3.63. The number of rotatable bonds is 4. The molecule has 0 aliphatic carbocycles. The van der Waals surface area contributed by atoms with Crippen molar-refractivity contribution in [2.75, 3.05) is 16.8 Å². The highest BCUT2D eigenvalue weighted by molar-refractivity contribution is 7.17. The first kappa shape index (κ1) is 25.4. The fourth-order valence-electron chi connectivity index (χ4n) is 4.16. The van der Waals surface area contributed by atoms with Crippen molar-refractivity contribution in [3.63, 3.8) is 0 Å². The van der Waals surface area contributed by atoms with Crippen molar-refractivity contribution in [3.8, 4) is 10.4 Å². The quantitative estimate of drug-likeness (QED) is 0.219. The number of carbonyl (C=O) groups is 2. The molecule has 1 aliphatic rings. The van der Waals surface area contributed by atoms with Crippen LogP contribution in [0.15, 0.2) is 60.7 Å². The average molecular weight is 558 g/mol. The van der Waals surface area contributed by atoms with Crippen LogP contribution in [0.5, 0.6) is 0 Å². The van der Waals surface area contributed by atoms with Gasteiger partial charge in [0.25, 0.3) is 17.5 Å². The first-order chi connectivity index (χ1) is 18.1. The van der Waals surface area contributed by atoms with Crippen molar-refractivity contribution in [2.45, 2.75) is 6.42 Å². The maximum atomic E-state index is 14.3. The molecule has 0 saturated heterocycles. The van der Waals surface area contributed by atoms with Crippen molar-refractivity contribution in [1.29, 1.82) is 0 Å².